The van der Waals surface area contributed by atoms with Crippen LogP contribution in [-0.4, -0.2) is 21.4 Å². The van der Waals surface area contributed by atoms with Crippen molar-refractivity contribution in [3.8, 4) is 11.3 Å². The number of benzene rings is 1. The van der Waals surface area contributed by atoms with E-state index in [9.17, 15) is 18.0 Å². The Morgan fingerprint density at radius 1 is 1.15 bits per heavy atom. The van der Waals surface area contributed by atoms with Crippen LogP contribution in [0.15, 0.2) is 47.3 Å². The van der Waals surface area contributed by atoms with Gasteiger partial charge < -0.3 is 10.3 Å². The van der Waals surface area contributed by atoms with Crippen LogP contribution in [0.4, 0.5) is 18.9 Å². The number of alkyl halides is 3. The zero-order valence-corrected chi connectivity index (χ0v) is 14.6. The smallest absolute Gasteiger partial charge is 0.385 e. The van der Waals surface area contributed by atoms with Crippen molar-refractivity contribution in [3.63, 3.8) is 0 Å². The quantitative estimate of drug-likeness (QED) is 0.526. The summed E-state index contributed by atoms with van der Waals surface area (Å²) in [6, 6.07) is 11.5. The molecule has 0 spiro atoms. The monoisotopic (exact) mass is 392 g/mol. The molecule has 0 unspecified atom stereocenters. The van der Waals surface area contributed by atoms with Gasteiger partial charge in [-0.05, 0) is 41.3 Å². The molecule has 5 nitrogen and oxygen atoms in total. The fraction of sp³-hybridized carbons (Fsp3) is 0.111. The molecule has 9 heteroatoms. The number of H-pyrrole nitrogens is 1. The predicted octanol–water partition coefficient (Wildman–Crippen LogP) is 4.56. The summed E-state index contributed by atoms with van der Waals surface area (Å²) in [4.78, 5) is 17.8. The lowest BCUT2D eigenvalue weighted by molar-refractivity contribution is -0.140. The third-order valence-electron chi connectivity index (χ3n) is 4.27. The maximum absolute atomic E-state index is 13.3. The second kappa shape index (κ2) is 6.02. The molecule has 0 aliphatic heterocycles. The molecule has 3 heterocycles. The maximum atomic E-state index is 13.3. The summed E-state index contributed by atoms with van der Waals surface area (Å²) in [6.45, 7) is 0. The van der Waals surface area contributed by atoms with E-state index in [1.54, 1.807) is 43.4 Å². The number of imidazole rings is 1. The Balaban J connectivity index is 2.03. The van der Waals surface area contributed by atoms with Gasteiger partial charge in [0.2, 0.25) is 5.56 Å². The van der Waals surface area contributed by atoms with E-state index < -0.39 is 17.0 Å². The van der Waals surface area contributed by atoms with Crippen LogP contribution in [0.25, 0.3) is 27.8 Å². The first-order valence-electron chi connectivity index (χ1n) is 7.89. The normalized spacial score (nSPS) is 12.0. The fourth-order valence-electron chi connectivity index (χ4n) is 3.03. The minimum Gasteiger partial charge on any atom is -0.385 e. The second-order valence-electron chi connectivity index (χ2n) is 5.91. The van der Waals surface area contributed by atoms with E-state index in [0.29, 0.717) is 22.5 Å². The number of hydrogen-bond donors (Lipinski definition) is 2. The summed E-state index contributed by atoms with van der Waals surface area (Å²) in [5.41, 5.74) is 0.833. The number of anilines is 1. The molecule has 0 fully saturated rings. The van der Waals surface area contributed by atoms with Gasteiger partial charge in [-0.2, -0.15) is 13.2 Å². The van der Waals surface area contributed by atoms with Crippen molar-refractivity contribution >= 4 is 33.8 Å². The summed E-state index contributed by atoms with van der Waals surface area (Å²) >= 11 is 6.07. The number of hydrogen-bond acceptors (Lipinski definition) is 3. The maximum Gasteiger partial charge on any atom is 0.436 e. The average molecular weight is 393 g/mol. The molecular formula is C18H12ClF3N4O. The van der Waals surface area contributed by atoms with Gasteiger partial charge >= 0.3 is 6.18 Å². The highest BCUT2D eigenvalue weighted by atomic mass is 35.5. The van der Waals surface area contributed by atoms with Gasteiger partial charge in [-0.15, -0.1) is 0 Å². The summed E-state index contributed by atoms with van der Waals surface area (Å²) in [6.07, 6.45) is -4.67. The minimum absolute atomic E-state index is 0.0777. The van der Waals surface area contributed by atoms with E-state index in [0.717, 1.165) is 5.39 Å². The number of aromatic amines is 1. The molecule has 3 aromatic heterocycles. The SMILES string of the molecule is CNc1ccc(-c2ccc3[nH]c(=O)ccc3c2)n2c(Cl)c(C(F)(F)F)nc12. The molecule has 0 saturated carbocycles. The molecule has 0 aliphatic rings. The molecule has 0 saturated heterocycles. The Bertz CT molecular complexity index is 1240. The van der Waals surface area contributed by atoms with Crippen molar-refractivity contribution in [1.29, 1.82) is 0 Å². The van der Waals surface area contributed by atoms with Gasteiger partial charge in [0.25, 0.3) is 0 Å². The summed E-state index contributed by atoms with van der Waals surface area (Å²) in [7, 11) is 1.59. The zero-order chi connectivity index (χ0) is 19.3. The molecular weight excluding hydrogens is 381 g/mol. The number of fused-ring (bicyclic) bond motifs is 2. The van der Waals surface area contributed by atoms with Crippen molar-refractivity contribution in [1.82, 2.24) is 14.4 Å². The van der Waals surface area contributed by atoms with Gasteiger partial charge in [0.15, 0.2) is 11.3 Å². The van der Waals surface area contributed by atoms with Crippen LogP contribution in [0.5, 0.6) is 0 Å². The van der Waals surface area contributed by atoms with Crippen LogP contribution in [-0.2, 0) is 6.18 Å². The lowest BCUT2D eigenvalue weighted by atomic mass is 10.1. The third kappa shape index (κ3) is 2.82. The Morgan fingerprint density at radius 3 is 2.63 bits per heavy atom. The Kier molecular flexibility index (Phi) is 3.88. The van der Waals surface area contributed by atoms with E-state index in [1.165, 1.54) is 10.5 Å². The van der Waals surface area contributed by atoms with E-state index in [-0.39, 0.29) is 11.2 Å². The number of rotatable bonds is 2. The first-order valence-corrected chi connectivity index (χ1v) is 8.27. The van der Waals surface area contributed by atoms with Crippen LogP contribution < -0.4 is 10.9 Å². The third-order valence-corrected chi connectivity index (χ3v) is 4.62. The molecule has 0 aliphatic carbocycles. The minimum atomic E-state index is -4.67. The average Bonchev–Trinajstić information content (AvgIpc) is 2.99. The zero-order valence-electron chi connectivity index (χ0n) is 13.9. The standard InChI is InChI=1S/C18H12ClF3N4O/c1-23-12-5-6-13(26-16(19)15(18(20,21)22)25-17(12)26)10-2-4-11-9(8-10)3-7-14(27)24-11/h2-8,23H,1H3,(H,24,27). The molecule has 27 heavy (non-hydrogen) atoms. The van der Waals surface area contributed by atoms with E-state index in [1.807, 2.05) is 0 Å². The summed E-state index contributed by atoms with van der Waals surface area (Å²) in [5, 5.41) is 3.06. The van der Waals surface area contributed by atoms with Crippen LogP contribution in [0, 0.1) is 0 Å². The van der Waals surface area contributed by atoms with Crippen LogP contribution >= 0.6 is 11.6 Å². The van der Waals surface area contributed by atoms with E-state index in [4.69, 9.17) is 11.6 Å². The van der Waals surface area contributed by atoms with Crippen molar-refractivity contribution in [2.75, 3.05) is 12.4 Å². The number of nitrogens with one attached hydrogen (secondary N) is 2. The van der Waals surface area contributed by atoms with Crippen molar-refractivity contribution < 1.29 is 13.2 Å². The highest BCUT2D eigenvalue weighted by molar-refractivity contribution is 6.31. The molecule has 4 rings (SSSR count). The predicted molar refractivity (Wildman–Crippen MR) is 98.3 cm³/mol. The van der Waals surface area contributed by atoms with Crippen molar-refractivity contribution in [2.45, 2.75) is 6.18 Å². The number of aromatic nitrogens is 3. The van der Waals surface area contributed by atoms with Crippen LogP contribution in [0.1, 0.15) is 5.69 Å². The number of nitrogens with zero attached hydrogens (tertiary/aromatic N) is 2. The van der Waals surface area contributed by atoms with Gasteiger partial charge in [0, 0.05) is 18.6 Å². The summed E-state index contributed by atoms with van der Waals surface area (Å²) in [5.74, 6) is 0. The summed E-state index contributed by atoms with van der Waals surface area (Å²) < 4.78 is 41.1. The van der Waals surface area contributed by atoms with Gasteiger partial charge in [-0.3, -0.25) is 9.20 Å². The topological polar surface area (TPSA) is 62.2 Å². The molecule has 0 bridgehead atoms. The molecule has 2 N–H and O–H groups in total. The van der Waals surface area contributed by atoms with Crippen molar-refractivity contribution in [2.24, 2.45) is 0 Å². The van der Waals surface area contributed by atoms with Crippen molar-refractivity contribution in [3.05, 3.63) is 63.7 Å². The molecule has 4 aromatic rings. The highest BCUT2D eigenvalue weighted by Crippen LogP contribution is 2.38. The Labute approximate surface area is 155 Å². The Hall–Kier alpha value is -3.00. The number of halogens is 4. The first-order chi connectivity index (χ1) is 12.8. The molecule has 0 atom stereocenters. The van der Waals surface area contributed by atoms with E-state index >= 15 is 0 Å². The van der Waals surface area contributed by atoms with Crippen LogP contribution in [0.2, 0.25) is 5.15 Å². The van der Waals surface area contributed by atoms with Gasteiger partial charge in [-0.25, -0.2) is 4.98 Å². The molecule has 0 amide bonds. The first kappa shape index (κ1) is 17.4. The van der Waals surface area contributed by atoms with Crippen LogP contribution in [0.3, 0.4) is 0 Å². The van der Waals surface area contributed by atoms with Gasteiger partial charge in [0.05, 0.1) is 11.4 Å². The van der Waals surface area contributed by atoms with E-state index in [2.05, 4.69) is 15.3 Å². The molecule has 1 aromatic carbocycles. The van der Waals surface area contributed by atoms with Gasteiger partial charge in [-0.1, -0.05) is 17.7 Å². The lowest BCUT2D eigenvalue weighted by Crippen LogP contribution is -2.06. The fourth-order valence-corrected chi connectivity index (χ4v) is 3.35. The largest absolute Gasteiger partial charge is 0.436 e. The lowest BCUT2D eigenvalue weighted by Gasteiger charge is -2.11. The highest BCUT2D eigenvalue weighted by Gasteiger charge is 2.38. The molecule has 0 radical (unpaired) electrons. The second-order valence-corrected chi connectivity index (χ2v) is 6.27. The molecule has 138 valence electrons. The Morgan fingerprint density at radius 2 is 1.93 bits per heavy atom. The van der Waals surface area contributed by atoms with Gasteiger partial charge in [0.1, 0.15) is 5.15 Å². The number of pyridine rings is 2.